The number of amides is 1. The molecule has 0 spiro atoms. The highest BCUT2D eigenvalue weighted by Gasteiger charge is 2.35. The lowest BCUT2D eigenvalue weighted by atomic mass is 9.98. The molecule has 1 saturated carbocycles. The molecule has 0 radical (unpaired) electrons. The minimum absolute atomic E-state index is 0.115. The second-order valence-corrected chi connectivity index (χ2v) is 10.6. The van der Waals surface area contributed by atoms with Gasteiger partial charge in [-0.05, 0) is 42.5 Å². The van der Waals surface area contributed by atoms with Crippen molar-refractivity contribution in [3.8, 4) is 11.3 Å². The second kappa shape index (κ2) is 9.11. The third kappa shape index (κ3) is 5.02. The van der Waals surface area contributed by atoms with Crippen molar-refractivity contribution in [2.75, 3.05) is 11.0 Å². The normalized spacial score (nSPS) is 14.5. The fourth-order valence-corrected chi connectivity index (χ4v) is 4.92. The number of carbonyl (C=O) groups excluding carboxylic acids is 1. The summed E-state index contributed by atoms with van der Waals surface area (Å²) in [4.78, 5) is 18.6. The monoisotopic (exact) mass is 489 g/mol. The first-order valence-corrected chi connectivity index (χ1v) is 13.2. The van der Waals surface area contributed by atoms with Crippen LogP contribution in [0.2, 0.25) is 0 Å². The lowest BCUT2D eigenvalue weighted by Gasteiger charge is -2.22. The lowest BCUT2D eigenvalue weighted by molar-refractivity contribution is 0.0934. The van der Waals surface area contributed by atoms with E-state index in [2.05, 4.69) is 10.0 Å². The predicted molar refractivity (Wildman–Crippen MR) is 135 cm³/mol. The molecule has 2 N–H and O–H groups in total. The van der Waals surface area contributed by atoms with Crippen LogP contribution in [0.15, 0.2) is 78.9 Å². The topological polar surface area (TPSA) is 88.2 Å². The number of hydrogen-bond acceptors (Lipinski definition) is 4. The largest absolute Gasteiger partial charge is 0.345 e. The zero-order chi connectivity index (χ0) is 24.6. The van der Waals surface area contributed by atoms with Crippen LogP contribution in [0.1, 0.15) is 34.8 Å². The highest BCUT2D eigenvalue weighted by Crippen LogP contribution is 2.42. The summed E-state index contributed by atoms with van der Waals surface area (Å²) in [5.74, 6) is -0.635. The Kier molecular flexibility index (Phi) is 5.98. The first kappa shape index (κ1) is 23.0. The summed E-state index contributed by atoms with van der Waals surface area (Å²) in [6.45, 7) is 0. The maximum atomic E-state index is 14.0. The van der Waals surface area contributed by atoms with Crippen molar-refractivity contribution < 1.29 is 17.6 Å². The highest BCUT2D eigenvalue weighted by molar-refractivity contribution is 7.92. The summed E-state index contributed by atoms with van der Waals surface area (Å²) in [6, 6.07) is 22.1. The molecular weight excluding hydrogens is 465 g/mol. The standard InChI is InChI=1S/C27H24FN3O3S/c1-35(33,34)31-26-23(27(32)30-24(18-14-15-18)19-10-7-11-20(28)16-19)21-12-5-6-13-22(21)29-25(26)17-8-3-2-4-9-17/h2-13,16,18,24,31H,14-15H2,1H3,(H,30,32). The number of aromatic nitrogens is 1. The maximum absolute atomic E-state index is 14.0. The zero-order valence-corrected chi connectivity index (χ0v) is 19.8. The van der Waals surface area contributed by atoms with Gasteiger partial charge in [0.15, 0.2) is 0 Å². The molecule has 0 aliphatic heterocycles. The van der Waals surface area contributed by atoms with E-state index < -0.39 is 22.0 Å². The molecule has 1 heterocycles. The van der Waals surface area contributed by atoms with Gasteiger partial charge in [-0.15, -0.1) is 0 Å². The average molecular weight is 490 g/mol. The summed E-state index contributed by atoms with van der Waals surface area (Å²) < 4.78 is 41.3. The van der Waals surface area contributed by atoms with E-state index in [0.29, 0.717) is 27.7 Å². The molecule has 1 aliphatic carbocycles. The molecule has 1 aromatic heterocycles. The molecule has 0 saturated heterocycles. The Morgan fingerprint density at radius 2 is 1.71 bits per heavy atom. The number of benzene rings is 3. The van der Waals surface area contributed by atoms with Crippen molar-refractivity contribution >= 4 is 32.5 Å². The quantitative estimate of drug-likeness (QED) is 0.369. The molecule has 1 fully saturated rings. The Morgan fingerprint density at radius 3 is 2.40 bits per heavy atom. The van der Waals surface area contributed by atoms with E-state index in [1.54, 1.807) is 30.3 Å². The van der Waals surface area contributed by atoms with Crippen molar-refractivity contribution in [1.29, 1.82) is 0 Å². The van der Waals surface area contributed by atoms with Crippen molar-refractivity contribution in [2.24, 2.45) is 5.92 Å². The van der Waals surface area contributed by atoms with Crippen LogP contribution in [0, 0.1) is 11.7 Å². The maximum Gasteiger partial charge on any atom is 0.254 e. The summed E-state index contributed by atoms with van der Waals surface area (Å²) in [6.07, 6.45) is 2.88. The van der Waals surface area contributed by atoms with Crippen molar-refractivity contribution in [2.45, 2.75) is 18.9 Å². The van der Waals surface area contributed by atoms with Crippen molar-refractivity contribution in [3.63, 3.8) is 0 Å². The van der Waals surface area contributed by atoms with Crippen LogP contribution in [0.5, 0.6) is 0 Å². The molecule has 5 rings (SSSR count). The fraction of sp³-hybridized carbons (Fsp3) is 0.185. The molecule has 178 valence electrons. The number of pyridine rings is 1. The summed E-state index contributed by atoms with van der Waals surface area (Å²) in [5.41, 5.74) is 2.56. The van der Waals surface area contributed by atoms with E-state index in [1.165, 1.54) is 12.1 Å². The number of anilines is 1. The molecule has 3 aromatic carbocycles. The second-order valence-electron chi connectivity index (χ2n) is 8.81. The third-order valence-corrected chi connectivity index (χ3v) is 6.62. The van der Waals surface area contributed by atoms with E-state index in [9.17, 15) is 17.6 Å². The number of sulfonamides is 1. The first-order valence-electron chi connectivity index (χ1n) is 11.3. The number of nitrogens with one attached hydrogen (secondary N) is 2. The minimum Gasteiger partial charge on any atom is -0.345 e. The van der Waals surface area contributed by atoms with Gasteiger partial charge in [-0.25, -0.2) is 17.8 Å². The Morgan fingerprint density at radius 1 is 1.00 bits per heavy atom. The van der Waals surface area contributed by atoms with Gasteiger partial charge in [0.05, 0.1) is 34.8 Å². The molecule has 1 unspecified atom stereocenters. The first-order chi connectivity index (χ1) is 16.8. The third-order valence-electron chi connectivity index (χ3n) is 6.04. The van der Waals surface area contributed by atoms with E-state index >= 15 is 0 Å². The molecule has 35 heavy (non-hydrogen) atoms. The number of nitrogens with zero attached hydrogens (tertiary/aromatic N) is 1. The molecule has 1 aliphatic rings. The molecule has 6 nitrogen and oxygen atoms in total. The molecule has 0 bridgehead atoms. The predicted octanol–water partition coefficient (Wildman–Crippen LogP) is 5.29. The van der Waals surface area contributed by atoms with Crippen LogP contribution in [0.3, 0.4) is 0 Å². The molecule has 1 atom stereocenters. The summed E-state index contributed by atoms with van der Waals surface area (Å²) in [5, 5.41) is 3.59. The molecule has 1 amide bonds. The van der Waals surface area contributed by atoms with Crippen LogP contribution in [0.4, 0.5) is 10.1 Å². The van der Waals surface area contributed by atoms with Crippen LogP contribution in [0.25, 0.3) is 22.2 Å². The number of para-hydroxylation sites is 1. The Bertz CT molecular complexity index is 1520. The van der Waals surface area contributed by atoms with Crippen LogP contribution < -0.4 is 10.0 Å². The summed E-state index contributed by atoms with van der Waals surface area (Å²) in [7, 11) is -3.74. The van der Waals surface area contributed by atoms with E-state index in [0.717, 1.165) is 19.1 Å². The van der Waals surface area contributed by atoms with Gasteiger partial charge in [0.2, 0.25) is 10.0 Å². The Labute approximate surface area is 203 Å². The number of halogens is 1. The number of fused-ring (bicyclic) bond motifs is 1. The van der Waals surface area contributed by atoms with E-state index in [4.69, 9.17) is 4.98 Å². The van der Waals surface area contributed by atoms with Gasteiger partial charge in [-0.1, -0.05) is 60.7 Å². The Hall–Kier alpha value is -3.78. The van der Waals surface area contributed by atoms with Gasteiger partial charge in [0.1, 0.15) is 5.82 Å². The fourth-order valence-electron chi connectivity index (χ4n) is 4.35. The molecular formula is C27H24FN3O3S. The number of hydrogen-bond donors (Lipinski definition) is 2. The van der Waals surface area contributed by atoms with Gasteiger partial charge in [-0.3, -0.25) is 9.52 Å². The lowest BCUT2D eigenvalue weighted by Crippen LogP contribution is -2.31. The van der Waals surface area contributed by atoms with E-state index in [1.807, 2.05) is 36.4 Å². The van der Waals surface area contributed by atoms with Crippen LogP contribution in [-0.2, 0) is 10.0 Å². The van der Waals surface area contributed by atoms with Gasteiger partial charge in [0, 0.05) is 10.9 Å². The van der Waals surface area contributed by atoms with Gasteiger partial charge >= 0.3 is 0 Å². The SMILES string of the molecule is CS(=O)(=O)Nc1c(-c2ccccc2)nc2ccccc2c1C(=O)NC(c1cccc(F)c1)C1CC1. The van der Waals surface area contributed by atoms with Crippen LogP contribution in [-0.4, -0.2) is 25.6 Å². The summed E-state index contributed by atoms with van der Waals surface area (Å²) >= 11 is 0. The van der Waals surface area contributed by atoms with Crippen molar-refractivity contribution in [1.82, 2.24) is 10.3 Å². The van der Waals surface area contributed by atoms with E-state index in [-0.39, 0.29) is 23.0 Å². The smallest absolute Gasteiger partial charge is 0.254 e. The highest BCUT2D eigenvalue weighted by atomic mass is 32.2. The average Bonchev–Trinajstić information content (AvgIpc) is 3.67. The van der Waals surface area contributed by atoms with Gasteiger partial charge in [0.25, 0.3) is 5.91 Å². The molecule has 8 heteroatoms. The minimum atomic E-state index is -3.74. The Balaban J connectivity index is 1.69. The van der Waals surface area contributed by atoms with Gasteiger partial charge < -0.3 is 5.32 Å². The zero-order valence-electron chi connectivity index (χ0n) is 19.0. The van der Waals surface area contributed by atoms with Crippen LogP contribution >= 0.6 is 0 Å². The van der Waals surface area contributed by atoms with Crippen molar-refractivity contribution in [3.05, 3.63) is 95.8 Å². The van der Waals surface area contributed by atoms with Gasteiger partial charge in [-0.2, -0.15) is 0 Å². The number of carbonyl (C=O) groups is 1. The number of rotatable bonds is 7. The molecule has 4 aromatic rings.